The zero-order chi connectivity index (χ0) is 12.9. The van der Waals surface area contributed by atoms with Gasteiger partial charge in [0, 0.05) is 12.1 Å². The second kappa shape index (κ2) is 6.35. The Kier molecular flexibility index (Phi) is 5.39. The van der Waals surface area contributed by atoms with Gasteiger partial charge in [-0.15, -0.1) is 0 Å². The molecule has 0 radical (unpaired) electrons. The highest BCUT2D eigenvalue weighted by atomic mass is 32.2. The van der Waals surface area contributed by atoms with Crippen molar-refractivity contribution in [3.63, 3.8) is 0 Å². The first-order valence-electron chi connectivity index (χ1n) is 6.16. The molecule has 0 aromatic carbocycles. The highest BCUT2D eigenvalue weighted by Gasteiger charge is 2.23. The molecule has 1 amide bonds. The zero-order valence-corrected chi connectivity index (χ0v) is 11.3. The van der Waals surface area contributed by atoms with Gasteiger partial charge in [-0.25, -0.2) is 8.42 Å². The lowest BCUT2D eigenvalue weighted by Gasteiger charge is -2.23. The molecule has 1 rings (SSSR count). The van der Waals surface area contributed by atoms with Gasteiger partial charge in [-0.1, -0.05) is 6.92 Å². The third kappa shape index (κ3) is 5.50. The Morgan fingerprint density at radius 3 is 2.47 bits per heavy atom. The van der Waals surface area contributed by atoms with Crippen molar-refractivity contribution in [3.05, 3.63) is 0 Å². The molecule has 0 aromatic rings. The lowest BCUT2D eigenvalue weighted by Crippen LogP contribution is -2.44. The molecule has 1 atom stereocenters. The van der Waals surface area contributed by atoms with Gasteiger partial charge in [-0.05, 0) is 26.2 Å². The first-order valence-corrected chi connectivity index (χ1v) is 7.98. The second-order valence-electron chi connectivity index (χ2n) is 4.68. The van der Waals surface area contributed by atoms with E-state index in [0.29, 0.717) is 12.8 Å². The van der Waals surface area contributed by atoms with Crippen LogP contribution in [0.25, 0.3) is 0 Å². The molecule has 2 N–H and O–H groups in total. The van der Waals surface area contributed by atoms with Crippen LogP contribution in [0.2, 0.25) is 0 Å². The predicted octanol–water partition coefficient (Wildman–Crippen LogP) is 0.0679. The Hall–Kier alpha value is -0.620. The summed E-state index contributed by atoms with van der Waals surface area (Å²) in [7, 11) is -2.82. The average Bonchev–Trinajstić information content (AvgIpc) is 2.27. The van der Waals surface area contributed by atoms with Crippen LogP contribution in [0.3, 0.4) is 0 Å². The molecule has 5 nitrogen and oxygen atoms in total. The number of amides is 1. The van der Waals surface area contributed by atoms with Gasteiger partial charge in [-0.3, -0.25) is 4.79 Å². The summed E-state index contributed by atoms with van der Waals surface area (Å²) in [4.78, 5) is 11.5. The lowest BCUT2D eigenvalue weighted by atomic mass is 10.1. The van der Waals surface area contributed by atoms with Gasteiger partial charge in [-0.2, -0.15) is 0 Å². The number of sulfone groups is 1. The fraction of sp³-hybridized carbons (Fsp3) is 0.909. The molecule has 100 valence electrons. The van der Waals surface area contributed by atoms with Crippen LogP contribution < -0.4 is 10.6 Å². The summed E-state index contributed by atoms with van der Waals surface area (Å²) in [5.74, 6) is 0.447. The van der Waals surface area contributed by atoms with E-state index in [9.17, 15) is 13.2 Å². The van der Waals surface area contributed by atoms with Crippen LogP contribution in [0, 0.1) is 0 Å². The van der Waals surface area contributed by atoms with Crippen LogP contribution in [-0.2, 0) is 14.6 Å². The minimum atomic E-state index is -2.82. The summed E-state index contributed by atoms with van der Waals surface area (Å²) >= 11 is 0. The Labute approximate surface area is 103 Å². The van der Waals surface area contributed by atoms with Gasteiger partial charge in [0.15, 0.2) is 0 Å². The van der Waals surface area contributed by atoms with Crippen LogP contribution in [0.4, 0.5) is 0 Å². The van der Waals surface area contributed by atoms with E-state index in [0.717, 1.165) is 6.42 Å². The number of hydrogen-bond acceptors (Lipinski definition) is 4. The van der Waals surface area contributed by atoms with Crippen molar-refractivity contribution < 1.29 is 13.2 Å². The molecule has 0 spiro atoms. The van der Waals surface area contributed by atoms with Crippen molar-refractivity contribution in [2.24, 2.45) is 0 Å². The van der Waals surface area contributed by atoms with Gasteiger partial charge >= 0.3 is 0 Å². The molecule has 0 bridgehead atoms. The molecule has 0 saturated carbocycles. The molecule has 1 unspecified atom stereocenters. The quantitative estimate of drug-likeness (QED) is 0.735. The van der Waals surface area contributed by atoms with E-state index in [2.05, 4.69) is 10.6 Å². The summed E-state index contributed by atoms with van der Waals surface area (Å²) in [5, 5.41) is 5.98. The molecule has 6 heteroatoms. The summed E-state index contributed by atoms with van der Waals surface area (Å²) in [6, 6.07) is 0.345. The maximum atomic E-state index is 11.5. The standard InChI is InChI=1S/C11H22N2O3S/c1-3-9(2)13-11(14)8-12-10-4-6-17(15,16)7-5-10/h9-10,12H,3-8H2,1-2H3,(H,13,14). The Balaban J connectivity index is 2.21. The maximum absolute atomic E-state index is 11.5. The van der Waals surface area contributed by atoms with Crippen LogP contribution >= 0.6 is 0 Å². The first-order chi connectivity index (χ1) is 7.93. The number of hydrogen-bond donors (Lipinski definition) is 2. The molecule has 1 aliphatic heterocycles. The fourth-order valence-corrected chi connectivity index (χ4v) is 3.25. The monoisotopic (exact) mass is 262 g/mol. The summed E-state index contributed by atoms with van der Waals surface area (Å²) in [6.45, 7) is 4.25. The van der Waals surface area contributed by atoms with Crippen LogP contribution in [0.1, 0.15) is 33.1 Å². The van der Waals surface area contributed by atoms with Crippen molar-refractivity contribution in [1.29, 1.82) is 0 Å². The topological polar surface area (TPSA) is 75.3 Å². The fourth-order valence-electron chi connectivity index (χ4n) is 1.76. The minimum absolute atomic E-state index is 0.0206. The van der Waals surface area contributed by atoms with Gasteiger partial charge in [0.2, 0.25) is 5.91 Å². The van der Waals surface area contributed by atoms with Gasteiger partial charge in [0.1, 0.15) is 9.84 Å². The number of nitrogens with one attached hydrogen (secondary N) is 2. The van der Waals surface area contributed by atoms with Crippen molar-refractivity contribution in [2.45, 2.75) is 45.2 Å². The summed E-state index contributed by atoms with van der Waals surface area (Å²) < 4.78 is 22.4. The van der Waals surface area contributed by atoms with E-state index < -0.39 is 9.84 Å². The number of rotatable bonds is 5. The first kappa shape index (κ1) is 14.4. The van der Waals surface area contributed by atoms with Crippen molar-refractivity contribution in [3.8, 4) is 0 Å². The Bertz CT molecular complexity index is 340. The van der Waals surface area contributed by atoms with Gasteiger partial charge < -0.3 is 10.6 Å². The van der Waals surface area contributed by atoms with E-state index in [1.54, 1.807) is 0 Å². The Morgan fingerprint density at radius 2 is 1.94 bits per heavy atom. The SMILES string of the molecule is CCC(C)NC(=O)CNC1CCS(=O)(=O)CC1. The molecular weight excluding hydrogens is 240 g/mol. The van der Waals surface area contributed by atoms with E-state index in [-0.39, 0.29) is 36.0 Å². The normalized spacial score (nSPS) is 22.0. The molecule has 1 fully saturated rings. The minimum Gasteiger partial charge on any atom is -0.353 e. The number of carbonyl (C=O) groups excluding carboxylic acids is 1. The van der Waals surface area contributed by atoms with Crippen molar-refractivity contribution in [1.82, 2.24) is 10.6 Å². The van der Waals surface area contributed by atoms with E-state index in [1.165, 1.54) is 0 Å². The van der Waals surface area contributed by atoms with E-state index in [1.807, 2.05) is 13.8 Å². The average molecular weight is 262 g/mol. The van der Waals surface area contributed by atoms with E-state index in [4.69, 9.17) is 0 Å². The molecule has 0 aliphatic carbocycles. The predicted molar refractivity (Wildman–Crippen MR) is 67.6 cm³/mol. The van der Waals surface area contributed by atoms with E-state index >= 15 is 0 Å². The van der Waals surface area contributed by atoms with Crippen LogP contribution in [-0.4, -0.2) is 44.5 Å². The maximum Gasteiger partial charge on any atom is 0.234 e. The highest BCUT2D eigenvalue weighted by Crippen LogP contribution is 2.11. The molecule has 17 heavy (non-hydrogen) atoms. The number of carbonyl (C=O) groups is 1. The molecule has 1 aliphatic rings. The second-order valence-corrected chi connectivity index (χ2v) is 6.99. The largest absolute Gasteiger partial charge is 0.353 e. The van der Waals surface area contributed by atoms with Crippen molar-refractivity contribution >= 4 is 15.7 Å². The smallest absolute Gasteiger partial charge is 0.234 e. The molecule has 0 aromatic heterocycles. The van der Waals surface area contributed by atoms with Crippen LogP contribution in [0.5, 0.6) is 0 Å². The van der Waals surface area contributed by atoms with Crippen molar-refractivity contribution in [2.75, 3.05) is 18.1 Å². The molecular formula is C11H22N2O3S. The Morgan fingerprint density at radius 1 is 1.35 bits per heavy atom. The lowest BCUT2D eigenvalue weighted by molar-refractivity contribution is -0.121. The zero-order valence-electron chi connectivity index (χ0n) is 10.5. The van der Waals surface area contributed by atoms with Gasteiger partial charge in [0.05, 0.1) is 18.1 Å². The highest BCUT2D eigenvalue weighted by molar-refractivity contribution is 7.91. The molecule has 1 heterocycles. The summed E-state index contributed by atoms with van der Waals surface area (Å²) in [5.41, 5.74) is 0. The summed E-state index contributed by atoms with van der Waals surface area (Å²) in [6.07, 6.45) is 2.13. The third-order valence-corrected chi connectivity index (χ3v) is 4.84. The molecule has 1 saturated heterocycles. The van der Waals surface area contributed by atoms with Gasteiger partial charge in [0.25, 0.3) is 0 Å². The third-order valence-electron chi connectivity index (χ3n) is 3.13. The van der Waals surface area contributed by atoms with Crippen LogP contribution in [0.15, 0.2) is 0 Å².